The highest BCUT2D eigenvalue weighted by Gasteiger charge is 2.29. The molecule has 0 spiro atoms. The third-order valence-electron chi connectivity index (χ3n) is 3.89. The van der Waals surface area contributed by atoms with Crippen LogP contribution in [0.1, 0.15) is 38.5 Å². The molecular formula is C16H26F3NO5S. The largest absolute Gasteiger partial charge is 0.461 e. The summed E-state index contributed by atoms with van der Waals surface area (Å²) in [6, 6.07) is 0. The molecule has 2 saturated heterocycles. The summed E-state index contributed by atoms with van der Waals surface area (Å²) < 4.78 is 59.3. The molecule has 0 aromatic heterocycles. The van der Waals surface area contributed by atoms with E-state index < -0.39 is 23.4 Å². The molecule has 2 heterocycles. The molecule has 2 fully saturated rings. The van der Waals surface area contributed by atoms with E-state index in [4.69, 9.17) is 18.9 Å². The molecule has 0 saturated carbocycles. The summed E-state index contributed by atoms with van der Waals surface area (Å²) in [6.45, 7) is 3.19. The average molecular weight is 401 g/mol. The van der Waals surface area contributed by atoms with E-state index in [1.807, 2.05) is 0 Å². The van der Waals surface area contributed by atoms with Crippen LogP contribution in [-0.2, 0) is 23.7 Å². The van der Waals surface area contributed by atoms with Crippen LogP contribution in [0.3, 0.4) is 0 Å². The van der Waals surface area contributed by atoms with Crippen LogP contribution in [0.5, 0.6) is 0 Å². The standard InChI is InChI=1S/C16H26F3NO5S/c17-16(18,19)26-20-15(21)6-4-2-1-3-5-12(23-10-14-11-25-14)7-22-8-13-9-24-13/h12-14H,1-11H2,(H,20,21). The minimum Gasteiger partial charge on any atom is -0.376 e. The first-order valence-corrected chi connectivity index (χ1v) is 9.70. The van der Waals surface area contributed by atoms with Gasteiger partial charge in [-0.15, -0.1) is 0 Å². The van der Waals surface area contributed by atoms with Gasteiger partial charge in [0, 0.05) is 6.42 Å². The summed E-state index contributed by atoms with van der Waals surface area (Å²) in [5, 5.41) is 0. The van der Waals surface area contributed by atoms with Crippen LogP contribution >= 0.6 is 11.9 Å². The van der Waals surface area contributed by atoms with Crippen LogP contribution in [0.4, 0.5) is 13.2 Å². The van der Waals surface area contributed by atoms with Gasteiger partial charge in [0.2, 0.25) is 5.91 Å². The van der Waals surface area contributed by atoms with Gasteiger partial charge in [-0.2, -0.15) is 13.2 Å². The lowest BCUT2D eigenvalue weighted by atomic mass is 10.1. The molecule has 1 N–H and O–H groups in total. The maximum Gasteiger partial charge on any atom is 0.461 e. The number of hydrogen-bond donors (Lipinski definition) is 1. The molecule has 2 rings (SSSR count). The van der Waals surface area contributed by atoms with E-state index in [9.17, 15) is 18.0 Å². The fourth-order valence-corrected chi connectivity index (χ4v) is 2.63. The number of halogens is 3. The number of rotatable bonds is 15. The van der Waals surface area contributed by atoms with Crippen molar-refractivity contribution < 1.29 is 36.9 Å². The Hall–Kier alpha value is -0.550. The summed E-state index contributed by atoms with van der Waals surface area (Å²) in [6.07, 6.45) is 4.55. The van der Waals surface area contributed by atoms with Gasteiger partial charge in [-0.1, -0.05) is 19.3 Å². The number of carbonyl (C=O) groups excluding carboxylic acids is 1. The van der Waals surface area contributed by atoms with Gasteiger partial charge >= 0.3 is 5.51 Å². The first-order valence-electron chi connectivity index (χ1n) is 8.88. The van der Waals surface area contributed by atoms with E-state index in [-0.39, 0.29) is 24.7 Å². The molecule has 0 radical (unpaired) electrons. The van der Waals surface area contributed by atoms with E-state index in [0.717, 1.165) is 38.9 Å². The predicted octanol–water partition coefficient (Wildman–Crippen LogP) is 2.81. The molecule has 152 valence electrons. The van der Waals surface area contributed by atoms with Crippen molar-refractivity contribution in [1.82, 2.24) is 4.72 Å². The van der Waals surface area contributed by atoms with Crippen LogP contribution in [0.15, 0.2) is 0 Å². The van der Waals surface area contributed by atoms with Crippen LogP contribution < -0.4 is 4.72 Å². The van der Waals surface area contributed by atoms with Crippen molar-refractivity contribution in [3.8, 4) is 0 Å². The van der Waals surface area contributed by atoms with Crippen molar-refractivity contribution in [3.63, 3.8) is 0 Å². The molecule has 26 heavy (non-hydrogen) atoms. The summed E-state index contributed by atoms with van der Waals surface area (Å²) in [7, 11) is 0. The van der Waals surface area contributed by atoms with E-state index >= 15 is 0 Å². The Balaban J connectivity index is 1.46. The number of nitrogens with one attached hydrogen (secondary N) is 1. The maximum atomic E-state index is 11.9. The predicted molar refractivity (Wildman–Crippen MR) is 89.5 cm³/mol. The molecule has 3 atom stereocenters. The second kappa shape index (κ2) is 11.3. The highest BCUT2D eigenvalue weighted by molar-refractivity contribution is 7.98. The zero-order valence-corrected chi connectivity index (χ0v) is 15.4. The number of amides is 1. The number of unbranched alkanes of at least 4 members (excludes halogenated alkanes) is 3. The van der Waals surface area contributed by atoms with Crippen molar-refractivity contribution in [2.24, 2.45) is 0 Å². The molecular weight excluding hydrogens is 375 g/mol. The van der Waals surface area contributed by atoms with E-state index in [0.29, 0.717) is 26.2 Å². The third-order valence-corrected chi connectivity index (χ3v) is 4.45. The molecule has 1 amide bonds. The quantitative estimate of drug-likeness (QED) is 0.258. The molecule has 0 bridgehead atoms. The topological polar surface area (TPSA) is 72.6 Å². The molecule has 0 aromatic rings. The Morgan fingerprint density at radius 3 is 2.42 bits per heavy atom. The highest BCUT2D eigenvalue weighted by atomic mass is 32.2. The minimum absolute atomic E-state index is 0.00411. The number of carbonyl (C=O) groups is 1. The summed E-state index contributed by atoms with van der Waals surface area (Å²) in [5.74, 6) is -0.589. The Bertz CT molecular complexity index is 419. The summed E-state index contributed by atoms with van der Waals surface area (Å²) in [5.41, 5.74) is -4.44. The third kappa shape index (κ3) is 11.9. The molecule has 2 aliphatic rings. The van der Waals surface area contributed by atoms with Gasteiger partial charge in [0.05, 0.1) is 51.1 Å². The van der Waals surface area contributed by atoms with E-state index in [2.05, 4.69) is 0 Å². The molecule has 2 aliphatic heterocycles. The molecule has 6 nitrogen and oxygen atoms in total. The smallest absolute Gasteiger partial charge is 0.376 e. The maximum absolute atomic E-state index is 11.9. The van der Waals surface area contributed by atoms with Crippen molar-refractivity contribution in [2.45, 2.75) is 62.3 Å². The van der Waals surface area contributed by atoms with Crippen LogP contribution in [-0.4, -0.2) is 62.8 Å². The summed E-state index contributed by atoms with van der Waals surface area (Å²) in [4.78, 5) is 11.3. The Kier molecular flexibility index (Phi) is 9.48. The van der Waals surface area contributed by atoms with E-state index in [1.54, 1.807) is 4.72 Å². The Morgan fingerprint density at radius 1 is 1.12 bits per heavy atom. The normalized spacial score (nSPS) is 22.9. The van der Waals surface area contributed by atoms with Gasteiger partial charge in [-0.25, -0.2) is 0 Å². The minimum atomic E-state index is -4.44. The Labute approximate surface area is 155 Å². The highest BCUT2D eigenvalue weighted by Crippen LogP contribution is 2.27. The van der Waals surface area contributed by atoms with Crippen molar-refractivity contribution in [1.29, 1.82) is 0 Å². The molecule has 10 heteroatoms. The van der Waals surface area contributed by atoms with E-state index in [1.165, 1.54) is 0 Å². The lowest BCUT2D eigenvalue weighted by Gasteiger charge is -2.17. The lowest BCUT2D eigenvalue weighted by molar-refractivity contribution is -0.119. The van der Waals surface area contributed by atoms with Gasteiger partial charge in [0.1, 0.15) is 12.2 Å². The van der Waals surface area contributed by atoms with Crippen molar-refractivity contribution >= 4 is 17.9 Å². The van der Waals surface area contributed by atoms with Gasteiger partial charge in [0.15, 0.2) is 0 Å². The Morgan fingerprint density at radius 2 is 1.77 bits per heavy atom. The van der Waals surface area contributed by atoms with Gasteiger partial charge in [0.25, 0.3) is 0 Å². The fraction of sp³-hybridized carbons (Fsp3) is 0.938. The lowest BCUT2D eigenvalue weighted by Crippen LogP contribution is -2.23. The van der Waals surface area contributed by atoms with Crippen LogP contribution in [0.25, 0.3) is 0 Å². The first kappa shape index (κ1) is 21.7. The van der Waals surface area contributed by atoms with Crippen molar-refractivity contribution in [3.05, 3.63) is 0 Å². The van der Waals surface area contributed by atoms with Gasteiger partial charge in [-0.3, -0.25) is 9.52 Å². The summed E-state index contributed by atoms with van der Waals surface area (Å²) >= 11 is -0.508. The number of hydrogen-bond acceptors (Lipinski definition) is 6. The second-order valence-electron chi connectivity index (χ2n) is 6.43. The van der Waals surface area contributed by atoms with Gasteiger partial charge in [-0.05, 0) is 12.8 Å². The number of alkyl halides is 3. The number of epoxide rings is 2. The second-order valence-corrected chi connectivity index (χ2v) is 7.30. The van der Waals surface area contributed by atoms with Crippen LogP contribution in [0, 0.1) is 0 Å². The molecule has 3 unspecified atom stereocenters. The van der Waals surface area contributed by atoms with Gasteiger partial charge < -0.3 is 18.9 Å². The molecule has 0 aromatic carbocycles. The zero-order chi connectivity index (χ0) is 18.8. The first-order chi connectivity index (χ1) is 12.4. The SMILES string of the molecule is O=C(CCCCCCC(COCC1CO1)OCC1CO1)NSC(F)(F)F. The molecule has 0 aliphatic carbocycles. The fourth-order valence-electron chi connectivity index (χ4n) is 2.29. The number of ether oxygens (including phenoxy) is 4. The average Bonchev–Trinajstić information content (AvgIpc) is 3.46. The monoisotopic (exact) mass is 401 g/mol. The zero-order valence-electron chi connectivity index (χ0n) is 14.6. The van der Waals surface area contributed by atoms with Crippen molar-refractivity contribution in [2.75, 3.05) is 33.0 Å². The van der Waals surface area contributed by atoms with Crippen LogP contribution in [0.2, 0.25) is 0 Å².